The van der Waals surface area contributed by atoms with E-state index in [1.165, 1.54) is 18.9 Å². The van der Waals surface area contributed by atoms with Gasteiger partial charge in [-0.3, -0.25) is 9.69 Å². The number of benzene rings is 1. The highest BCUT2D eigenvalue weighted by atomic mass is 19.1. The molecule has 0 atom stereocenters. The molecule has 0 spiro atoms. The van der Waals surface area contributed by atoms with E-state index in [4.69, 9.17) is 5.11 Å². The van der Waals surface area contributed by atoms with Gasteiger partial charge in [0.1, 0.15) is 5.82 Å². The van der Waals surface area contributed by atoms with Gasteiger partial charge in [0.15, 0.2) is 0 Å². The Bertz CT molecular complexity index is 568. The lowest BCUT2D eigenvalue weighted by atomic mass is 9.85. The average molecular weight is 320 g/mol. The van der Waals surface area contributed by atoms with Gasteiger partial charge in [-0.05, 0) is 61.8 Å². The molecule has 3 rings (SSSR count). The maximum absolute atomic E-state index is 13.3. The number of carbonyl (C=O) groups is 1. The summed E-state index contributed by atoms with van der Waals surface area (Å²) in [5.74, 6) is -0.232. The molecule has 1 aromatic rings. The van der Waals surface area contributed by atoms with Crippen LogP contribution in [0.1, 0.15) is 36.8 Å². The third-order valence-corrected chi connectivity index (χ3v) is 5.05. The third kappa shape index (κ3) is 4.52. The van der Waals surface area contributed by atoms with Gasteiger partial charge in [-0.25, -0.2) is 4.39 Å². The summed E-state index contributed by atoms with van der Waals surface area (Å²) in [6, 6.07) is 5.65. The Kier molecular flexibility index (Phi) is 4.97. The van der Waals surface area contributed by atoms with Gasteiger partial charge in [-0.15, -0.1) is 0 Å². The van der Waals surface area contributed by atoms with Crippen LogP contribution in [0.15, 0.2) is 18.2 Å². The Morgan fingerprint density at radius 2 is 2.13 bits per heavy atom. The van der Waals surface area contributed by atoms with Crippen molar-refractivity contribution in [2.75, 3.05) is 13.1 Å². The quantitative estimate of drug-likeness (QED) is 0.773. The maximum Gasteiger partial charge on any atom is 0.317 e. The van der Waals surface area contributed by atoms with E-state index in [1.54, 1.807) is 12.1 Å². The Morgan fingerprint density at radius 1 is 1.39 bits per heavy atom. The van der Waals surface area contributed by atoms with Gasteiger partial charge in [-0.1, -0.05) is 6.07 Å². The molecule has 0 heterocycles. The molecule has 2 saturated carbocycles. The SMILES string of the molecule is Cc1ccc(F)cc1CNC1CC(N(CC(=O)O)CC2CC2)C1. The molecule has 0 unspecified atom stereocenters. The molecule has 126 valence electrons. The second kappa shape index (κ2) is 6.97. The zero-order chi connectivity index (χ0) is 16.4. The molecule has 2 aliphatic carbocycles. The fourth-order valence-electron chi connectivity index (χ4n) is 3.29. The Hall–Kier alpha value is -1.46. The normalized spacial score (nSPS) is 23.8. The fourth-order valence-corrected chi connectivity index (χ4v) is 3.29. The van der Waals surface area contributed by atoms with Crippen LogP contribution >= 0.6 is 0 Å². The number of halogens is 1. The van der Waals surface area contributed by atoms with Crippen molar-refractivity contribution in [2.24, 2.45) is 5.92 Å². The minimum absolute atomic E-state index is 0.150. The lowest BCUT2D eigenvalue weighted by Crippen LogP contribution is -2.54. The van der Waals surface area contributed by atoms with E-state index in [2.05, 4.69) is 10.2 Å². The van der Waals surface area contributed by atoms with Crippen LogP contribution in [0.3, 0.4) is 0 Å². The molecule has 0 aliphatic heterocycles. The van der Waals surface area contributed by atoms with Crippen molar-refractivity contribution >= 4 is 5.97 Å². The molecule has 2 N–H and O–H groups in total. The number of rotatable bonds is 8. The highest BCUT2D eigenvalue weighted by Crippen LogP contribution is 2.33. The second-order valence-corrected chi connectivity index (χ2v) is 7.04. The summed E-state index contributed by atoms with van der Waals surface area (Å²) < 4.78 is 13.3. The average Bonchev–Trinajstić information content (AvgIpc) is 3.24. The number of nitrogens with zero attached hydrogens (tertiary/aromatic N) is 1. The summed E-state index contributed by atoms with van der Waals surface area (Å²) in [6.45, 7) is 3.73. The highest BCUT2D eigenvalue weighted by Gasteiger charge is 2.36. The zero-order valence-electron chi connectivity index (χ0n) is 13.6. The van der Waals surface area contributed by atoms with Gasteiger partial charge >= 0.3 is 5.97 Å². The van der Waals surface area contributed by atoms with E-state index in [0.29, 0.717) is 24.5 Å². The van der Waals surface area contributed by atoms with E-state index < -0.39 is 5.97 Å². The fraction of sp³-hybridized carbons (Fsp3) is 0.611. The summed E-state index contributed by atoms with van der Waals surface area (Å²) in [4.78, 5) is 13.2. The number of nitrogens with one attached hydrogen (secondary N) is 1. The van der Waals surface area contributed by atoms with Crippen LogP contribution in [-0.2, 0) is 11.3 Å². The van der Waals surface area contributed by atoms with Crippen LogP contribution in [0.25, 0.3) is 0 Å². The predicted octanol–water partition coefficient (Wildman–Crippen LogP) is 2.55. The molecule has 0 amide bonds. The Morgan fingerprint density at radius 3 is 2.78 bits per heavy atom. The Balaban J connectivity index is 1.45. The van der Waals surface area contributed by atoms with Crippen molar-refractivity contribution in [3.63, 3.8) is 0 Å². The number of carboxylic acids is 1. The van der Waals surface area contributed by atoms with Crippen molar-refractivity contribution in [1.82, 2.24) is 10.2 Å². The van der Waals surface area contributed by atoms with Gasteiger partial charge in [-0.2, -0.15) is 0 Å². The Labute approximate surface area is 136 Å². The number of hydrogen-bond acceptors (Lipinski definition) is 3. The van der Waals surface area contributed by atoms with E-state index in [9.17, 15) is 9.18 Å². The van der Waals surface area contributed by atoms with E-state index in [1.807, 2.05) is 6.92 Å². The topological polar surface area (TPSA) is 52.6 Å². The summed E-state index contributed by atoms with van der Waals surface area (Å²) in [5, 5.41) is 12.5. The van der Waals surface area contributed by atoms with Crippen molar-refractivity contribution in [3.05, 3.63) is 35.1 Å². The molecule has 5 heteroatoms. The minimum atomic E-state index is -0.738. The summed E-state index contributed by atoms with van der Waals surface area (Å²) in [7, 11) is 0. The van der Waals surface area contributed by atoms with E-state index in [-0.39, 0.29) is 12.4 Å². The molecule has 4 nitrogen and oxygen atoms in total. The molecular formula is C18H25FN2O2. The van der Waals surface area contributed by atoms with Crippen molar-refractivity contribution < 1.29 is 14.3 Å². The van der Waals surface area contributed by atoms with Crippen LogP contribution in [-0.4, -0.2) is 41.1 Å². The molecule has 0 aromatic heterocycles. The first-order chi connectivity index (χ1) is 11.0. The first kappa shape index (κ1) is 16.4. The number of aliphatic carboxylic acids is 1. The molecule has 2 fully saturated rings. The molecule has 0 saturated heterocycles. The van der Waals surface area contributed by atoms with Crippen LogP contribution < -0.4 is 5.32 Å². The van der Waals surface area contributed by atoms with Crippen molar-refractivity contribution in [2.45, 2.75) is 51.2 Å². The summed E-state index contributed by atoms with van der Waals surface area (Å²) >= 11 is 0. The van der Waals surface area contributed by atoms with Crippen LogP contribution in [0.2, 0.25) is 0 Å². The largest absolute Gasteiger partial charge is 0.480 e. The molecule has 1 aromatic carbocycles. The van der Waals surface area contributed by atoms with Gasteiger partial charge in [0.2, 0.25) is 0 Å². The lowest BCUT2D eigenvalue weighted by Gasteiger charge is -2.43. The van der Waals surface area contributed by atoms with Crippen LogP contribution in [0.4, 0.5) is 4.39 Å². The highest BCUT2D eigenvalue weighted by molar-refractivity contribution is 5.69. The van der Waals surface area contributed by atoms with Crippen molar-refractivity contribution in [3.8, 4) is 0 Å². The number of aryl methyl sites for hydroxylation is 1. The smallest absolute Gasteiger partial charge is 0.317 e. The van der Waals surface area contributed by atoms with E-state index in [0.717, 1.165) is 30.5 Å². The van der Waals surface area contributed by atoms with Crippen molar-refractivity contribution in [1.29, 1.82) is 0 Å². The van der Waals surface area contributed by atoms with Crippen LogP contribution in [0.5, 0.6) is 0 Å². The standard InChI is InChI=1S/C18H25FN2O2/c1-12-2-5-15(19)6-14(12)9-20-16-7-17(8-16)21(11-18(22)23)10-13-3-4-13/h2,5-6,13,16-17,20H,3-4,7-11H2,1H3,(H,22,23). The molecule has 2 aliphatic rings. The molecule has 0 radical (unpaired) electrons. The van der Waals surface area contributed by atoms with Gasteiger partial charge in [0.25, 0.3) is 0 Å². The first-order valence-corrected chi connectivity index (χ1v) is 8.45. The maximum atomic E-state index is 13.3. The molecular weight excluding hydrogens is 295 g/mol. The second-order valence-electron chi connectivity index (χ2n) is 7.04. The number of hydrogen-bond donors (Lipinski definition) is 2. The third-order valence-electron chi connectivity index (χ3n) is 5.05. The summed E-state index contributed by atoms with van der Waals surface area (Å²) in [5.41, 5.74) is 2.09. The monoisotopic (exact) mass is 320 g/mol. The number of carboxylic acid groups (broad SMARTS) is 1. The lowest BCUT2D eigenvalue weighted by molar-refractivity contribution is -0.139. The summed E-state index contributed by atoms with van der Waals surface area (Å²) in [6.07, 6.45) is 4.44. The van der Waals surface area contributed by atoms with Crippen LogP contribution in [0, 0.1) is 18.7 Å². The van der Waals surface area contributed by atoms with Gasteiger partial charge < -0.3 is 10.4 Å². The zero-order valence-corrected chi connectivity index (χ0v) is 13.6. The van der Waals surface area contributed by atoms with E-state index >= 15 is 0 Å². The predicted molar refractivity (Wildman–Crippen MR) is 86.7 cm³/mol. The molecule has 0 bridgehead atoms. The van der Waals surface area contributed by atoms with Gasteiger partial charge in [0.05, 0.1) is 6.54 Å². The van der Waals surface area contributed by atoms with Gasteiger partial charge in [0, 0.05) is 25.2 Å². The minimum Gasteiger partial charge on any atom is -0.480 e. The molecule has 23 heavy (non-hydrogen) atoms. The first-order valence-electron chi connectivity index (χ1n) is 8.45.